The molecule has 3 aromatic heterocycles. The van der Waals surface area contributed by atoms with Crippen LogP contribution < -0.4 is 9.62 Å². The zero-order chi connectivity index (χ0) is 29.4. The highest BCUT2D eigenvalue weighted by atomic mass is 32.2. The third-order valence-corrected chi connectivity index (χ3v) is 7.32. The summed E-state index contributed by atoms with van der Waals surface area (Å²) in [4.78, 5) is 21.1. The van der Waals surface area contributed by atoms with Crippen LogP contribution in [0.5, 0.6) is 5.75 Å². The lowest BCUT2D eigenvalue weighted by molar-refractivity contribution is -0.127. The molecule has 0 radical (unpaired) electrons. The molecule has 0 fully saturated rings. The van der Waals surface area contributed by atoms with Crippen LogP contribution in [0.25, 0.3) is 22.2 Å². The van der Waals surface area contributed by atoms with E-state index in [0.29, 0.717) is 17.3 Å². The minimum absolute atomic E-state index is 0.0290. The van der Waals surface area contributed by atoms with Crippen molar-refractivity contribution in [3.63, 3.8) is 0 Å². The van der Waals surface area contributed by atoms with Crippen molar-refractivity contribution >= 4 is 38.2 Å². The quantitative estimate of drug-likeness (QED) is 0.193. The number of phenols is 1. The van der Waals surface area contributed by atoms with Crippen molar-refractivity contribution in [1.82, 2.24) is 20.2 Å². The maximum atomic E-state index is 14.3. The van der Waals surface area contributed by atoms with E-state index in [1.54, 1.807) is 6.92 Å². The summed E-state index contributed by atoms with van der Waals surface area (Å²) in [6.45, 7) is 1.57. The summed E-state index contributed by atoms with van der Waals surface area (Å²) in [6.07, 6.45) is -2.16. The average molecular weight is 581 g/mol. The number of sulfonamides is 1. The number of alkyl halides is 3. The number of aromatic hydroxyl groups is 1. The fourth-order valence-corrected chi connectivity index (χ4v) is 4.64. The number of H-pyrrole nitrogens is 1. The minimum Gasteiger partial charge on any atom is -0.505 e. The molecule has 0 bridgehead atoms. The second-order valence-electron chi connectivity index (χ2n) is 8.97. The van der Waals surface area contributed by atoms with E-state index in [2.05, 4.69) is 25.5 Å². The Morgan fingerprint density at radius 2 is 1.93 bits per heavy atom. The van der Waals surface area contributed by atoms with E-state index in [0.717, 1.165) is 16.6 Å². The molecule has 0 unspecified atom stereocenters. The van der Waals surface area contributed by atoms with Gasteiger partial charge in [0.15, 0.2) is 17.3 Å². The fourth-order valence-electron chi connectivity index (χ4n) is 4.11. The molecule has 10 nitrogen and oxygen atoms in total. The van der Waals surface area contributed by atoms with Gasteiger partial charge in [0, 0.05) is 43.5 Å². The van der Waals surface area contributed by atoms with Crippen molar-refractivity contribution in [2.75, 3.05) is 22.9 Å². The number of nitrogens with one attached hydrogen (secondary N) is 2. The number of halogens is 4. The number of aromatic nitrogens is 4. The first-order valence-electron chi connectivity index (χ1n) is 11.8. The number of Topliss-reactive ketones (excluding diaryl/α,β-unsaturated/α-hetero) is 1. The SMILES string of the molecule is CCC(=O)c1n[nH]c2cc(-c3cc(F)c(O)cc3CC(F)(F)F)nc(NCc3cnccc3N(C)S(C)(=O)=O)c12. The fraction of sp³-hybridized carbons (Fsp3) is 0.280. The first kappa shape index (κ1) is 28.7. The van der Waals surface area contributed by atoms with Crippen LogP contribution in [0.3, 0.4) is 0 Å². The zero-order valence-electron chi connectivity index (χ0n) is 21.5. The highest BCUT2D eigenvalue weighted by molar-refractivity contribution is 7.92. The van der Waals surface area contributed by atoms with Crippen LogP contribution in [-0.2, 0) is 23.0 Å². The summed E-state index contributed by atoms with van der Waals surface area (Å²) in [5.74, 6) is -2.40. The molecule has 0 amide bonds. The first-order chi connectivity index (χ1) is 18.7. The van der Waals surface area contributed by atoms with Crippen LogP contribution >= 0.6 is 0 Å². The Balaban J connectivity index is 1.87. The Morgan fingerprint density at radius 3 is 2.58 bits per heavy atom. The summed E-state index contributed by atoms with van der Waals surface area (Å²) < 4.78 is 79.6. The summed E-state index contributed by atoms with van der Waals surface area (Å²) in [5, 5.41) is 19.7. The van der Waals surface area contributed by atoms with Gasteiger partial charge in [-0.1, -0.05) is 6.92 Å². The van der Waals surface area contributed by atoms with E-state index in [1.807, 2.05) is 0 Å². The number of rotatable bonds is 9. The third kappa shape index (κ3) is 5.98. The highest BCUT2D eigenvalue weighted by Crippen LogP contribution is 2.36. The summed E-state index contributed by atoms with van der Waals surface area (Å²) in [5.41, 5.74) is 0.263. The van der Waals surface area contributed by atoms with Crippen molar-refractivity contribution in [2.45, 2.75) is 32.5 Å². The van der Waals surface area contributed by atoms with Crippen molar-refractivity contribution in [2.24, 2.45) is 0 Å². The van der Waals surface area contributed by atoms with Gasteiger partial charge in [-0.3, -0.25) is 19.2 Å². The lowest BCUT2D eigenvalue weighted by Gasteiger charge is -2.20. The number of carbonyl (C=O) groups excluding carboxylic acids is 1. The number of phenolic OH excluding ortho intramolecular Hbond substituents is 1. The Bertz CT molecular complexity index is 1710. The standard InChI is InChI=1S/C25H24F4N6O4S/c1-4-20(36)23-22-18(33-34-23)9-17(15-8-16(26)21(37)7-13(15)10-25(27,28)29)32-24(22)31-12-14-11-30-6-5-19(14)35(2)40(3,38)39/h5-9,11,37H,4,10,12H2,1-3H3,(H,31,32)(H,33,34). The second kappa shape index (κ2) is 10.7. The molecule has 40 heavy (non-hydrogen) atoms. The Morgan fingerprint density at radius 1 is 1.20 bits per heavy atom. The number of pyridine rings is 2. The lowest BCUT2D eigenvalue weighted by Crippen LogP contribution is -2.26. The molecule has 1 aromatic carbocycles. The van der Waals surface area contributed by atoms with Crippen molar-refractivity contribution < 1.29 is 35.9 Å². The molecule has 0 atom stereocenters. The molecular formula is C25H24F4N6O4S. The summed E-state index contributed by atoms with van der Waals surface area (Å²) in [6, 6.07) is 4.27. The number of aromatic amines is 1. The summed E-state index contributed by atoms with van der Waals surface area (Å²) in [7, 11) is -2.26. The number of nitrogens with zero attached hydrogens (tertiary/aromatic N) is 4. The minimum atomic E-state index is -4.67. The van der Waals surface area contributed by atoms with E-state index < -0.39 is 39.8 Å². The monoisotopic (exact) mass is 580 g/mol. The van der Waals surface area contributed by atoms with Crippen LogP contribution in [0, 0.1) is 5.82 Å². The molecule has 4 rings (SSSR count). The largest absolute Gasteiger partial charge is 0.505 e. The zero-order valence-corrected chi connectivity index (χ0v) is 22.3. The molecule has 0 saturated carbocycles. The Hall–Kier alpha value is -4.27. The van der Waals surface area contributed by atoms with Crippen molar-refractivity contribution in [1.29, 1.82) is 0 Å². The third-order valence-electron chi connectivity index (χ3n) is 6.13. The molecular weight excluding hydrogens is 556 g/mol. The van der Waals surface area contributed by atoms with E-state index in [9.17, 15) is 35.9 Å². The van der Waals surface area contributed by atoms with Gasteiger partial charge in [-0.25, -0.2) is 17.8 Å². The normalized spacial score (nSPS) is 12.1. The van der Waals surface area contributed by atoms with E-state index in [-0.39, 0.29) is 52.4 Å². The van der Waals surface area contributed by atoms with Crippen molar-refractivity contribution in [3.8, 4) is 17.0 Å². The number of anilines is 2. The first-order valence-corrected chi connectivity index (χ1v) is 13.7. The topological polar surface area (TPSA) is 141 Å². The molecule has 0 spiro atoms. The van der Waals surface area contributed by atoms with E-state index in [4.69, 9.17) is 0 Å². The van der Waals surface area contributed by atoms with Crippen LogP contribution in [0.15, 0.2) is 36.7 Å². The molecule has 0 aliphatic rings. The number of hydrogen-bond acceptors (Lipinski definition) is 8. The predicted molar refractivity (Wildman–Crippen MR) is 140 cm³/mol. The smallest absolute Gasteiger partial charge is 0.393 e. The summed E-state index contributed by atoms with van der Waals surface area (Å²) >= 11 is 0. The lowest BCUT2D eigenvalue weighted by atomic mass is 9.99. The number of ketones is 1. The van der Waals surface area contributed by atoms with Gasteiger partial charge >= 0.3 is 6.18 Å². The molecule has 0 aliphatic heterocycles. The van der Waals surface area contributed by atoms with Gasteiger partial charge < -0.3 is 10.4 Å². The molecule has 0 aliphatic carbocycles. The van der Waals surface area contributed by atoms with Crippen LogP contribution in [0.4, 0.5) is 29.1 Å². The predicted octanol–water partition coefficient (Wildman–Crippen LogP) is 4.57. The number of benzene rings is 1. The van der Waals surface area contributed by atoms with Gasteiger partial charge in [0.1, 0.15) is 11.5 Å². The molecule has 3 heterocycles. The van der Waals surface area contributed by atoms with E-state index >= 15 is 0 Å². The van der Waals surface area contributed by atoms with Crippen molar-refractivity contribution in [3.05, 3.63) is 59.3 Å². The number of carbonyl (C=O) groups is 1. The maximum absolute atomic E-state index is 14.3. The van der Waals surface area contributed by atoms with Gasteiger partial charge in [0.2, 0.25) is 10.0 Å². The van der Waals surface area contributed by atoms with Crippen LogP contribution in [0.2, 0.25) is 0 Å². The average Bonchev–Trinajstić information content (AvgIpc) is 3.31. The highest BCUT2D eigenvalue weighted by Gasteiger charge is 2.30. The van der Waals surface area contributed by atoms with Gasteiger partial charge in [-0.2, -0.15) is 18.3 Å². The van der Waals surface area contributed by atoms with E-state index in [1.165, 1.54) is 31.6 Å². The van der Waals surface area contributed by atoms with Gasteiger partial charge in [0.05, 0.1) is 35.0 Å². The maximum Gasteiger partial charge on any atom is 0.393 e. The molecule has 0 saturated heterocycles. The number of fused-ring (bicyclic) bond motifs is 1. The second-order valence-corrected chi connectivity index (χ2v) is 11.0. The van der Waals surface area contributed by atoms with Gasteiger partial charge in [-0.05, 0) is 29.8 Å². The van der Waals surface area contributed by atoms with Gasteiger partial charge in [-0.15, -0.1) is 0 Å². The molecule has 212 valence electrons. The van der Waals surface area contributed by atoms with Crippen LogP contribution in [0.1, 0.15) is 35.0 Å². The van der Waals surface area contributed by atoms with Crippen LogP contribution in [-0.4, -0.2) is 59.0 Å². The Labute approximate surface area is 226 Å². The number of hydrogen-bond donors (Lipinski definition) is 3. The molecule has 15 heteroatoms. The molecule has 3 N–H and O–H groups in total. The Kier molecular flexibility index (Phi) is 7.70. The molecule has 4 aromatic rings. The van der Waals surface area contributed by atoms with Gasteiger partial charge in [0.25, 0.3) is 0 Å².